The summed E-state index contributed by atoms with van der Waals surface area (Å²) < 4.78 is 0. The average molecular weight is 204 g/mol. The number of hydrogen-bond donors (Lipinski definition) is 2. The summed E-state index contributed by atoms with van der Waals surface area (Å²) in [6.07, 6.45) is 0. The van der Waals surface area contributed by atoms with Crippen molar-refractivity contribution < 1.29 is 5.11 Å². The number of rotatable bonds is 3. The maximum absolute atomic E-state index is 9.23. The second-order valence-electron chi connectivity index (χ2n) is 4.32. The SMILES string of the molecule is CC(C)(CO)[C@@H](N)c1ccccc1C#N. The average Bonchev–Trinajstić information content (AvgIpc) is 2.28. The molecule has 1 atom stereocenters. The van der Waals surface area contributed by atoms with E-state index in [1.165, 1.54) is 0 Å². The second-order valence-corrected chi connectivity index (χ2v) is 4.32. The highest BCUT2D eigenvalue weighted by Gasteiger charge is 2.28. The minimum absolute atomic E-state index is 0.00602. The molecule has 3 nitrogen and oxygen atoms in total. The van der Waals surface area contributed by atoms with Gasteiger partial charge in [0.25, 0.3) is 0 Å². The molecule has 3 heteroatoms. The molecule has 1 aromatic rings. The summed E-state index contributed by atoms with van der Waals surface area (Å²) in [4.78, 5) is 0. The quantitative estimate of drug-likeness (QED) is 0.785. The van der Waals surface area contributed by atoms with E-state index in [4.69, 9.17) is 11.0 Å². The molecule has 0 aliphatic rings. The lowest BCUT2D eigenvalue weighted by Crippen LogP contribution is -2.32. The summed E-state index contributed by atoms with van der Waals surface area (Å²) in [5.41, 5.74) is 6.99. The van der Waals surface area contributed by atoms with Crippen molar-refractivity contribution in [2.45, 2.75) is 19.9 Å². The molecular formula is C12H16N2O. The van der Waals surface area contributed by atoms with Gasteiger partial charge in [-0.2, -0.15) is 5.26 Å². The van der Waals surface area contributed by atoms with Gasteiger partial charge < -0.3 is 10.8 Å². The molecule has 0 heterocycles. The van der Waals surface area contributed by atoms with Crippen molar-refractivity contribution in [2.24, 2.45) is 11.1 Å². The van der Waals surface area contributed by atoms with E-state index in [0.29, 0.717) is 5.56 Å². The Hall–Kier alpha value is -1.37. The van der Waals surface area contributed by atoms with E-state index in [1.807, 2.05) is 26.0 Å². The van der Waals surface area contributed by atoms with Crippen LogP contribution in [0.5, 0.6) is 0 Å². The van der Waals surface area contributed by atoms with Crippen LogP contribution in [0.15, 0.2) is 24.3 Å². The van der Waals surface area contributed by atoms with E-state index in [1.54, 1.807) is 12.1 Å². The minimum Gasteiger partial charge on any atom is -0.396 e. The van der Waals surface area contributed by atoms with E-state index >= 15 is 0 Å². The van der Waals surface area contributed by atoms with Gasteiger partial charge >= 0.3 is 0 Å². The van der Waals surface area contributed by atoms with Gasteiger partial charge in [-0.25, -0.2) is 0 Å². The summed E-state index contributed by atoms with van der Waals surface area (Å²) in [7, 11) is 0. The van der Waals surface area contributed by atoms with Crippen LogP contribution in [0.4, 0.5) is 0 Å². The van der Waals surface area contributed by atoms with E-state index in [9.17, 15) is 5.11 Å². The van der Waals surface area contributed by atoms with Gasteiger partial charge in [0.2, 0.25) is 0 Å². The van der Waals surface area contributed by atoms with Crippen molar-refractivity contribution in [3.05, 3.63) is 35.4 Å². The van der Waals surface area contributed by atoms with Crippen LogP contribution in [0.25, 0.3) is 0 Å². The lowest BCUT2D eigenvalue weighted by Gasteiger charge is -2.30. The van der Waals surface area contributed by atoms with Gasteiger partial charge in [-0.05, 0) is 11.6 Å². The maximum Gasteiger partial charge on any atom is 0.0995 e. The number of aliphatic hydroxyl groups excluding tert-OH is 1. The molecule has 1 rings (SSSR count). The summed E-state index contributed by atoms with van der Waals surface area (Å²) >= 11 is 0. The first kappa shape index (κ1) is 11.7. The number of nitrogens with zero attached hydrogens (tertiary/aromatic N) is 1. The van der Waals surface area contributed by atoms with Gasteiger partial charge in [-0.1, -0.05) is 32.0 Å². The van der Waals surface area contributed by atoms with Crippen LogP contribution in [0, 0.1) is 16.7 Å². The number of nitrogens with two attached hydrogens (primary N) is 1. The van der Waals surface area contributed by atoms with Crippen LogP contribution >= 0.6 is 0 Å². The number of benzene rings is 1. The van der Waals surface area contributed by atoms with Gasteiger partial charge in [-0.15, -0.1) is 0 Å². The molecule has 0 bridgehead atoms. The van der Waals surface area contributed by atoms with Crippen LogP contribution in [-0.2, 0) is 0 Å². The zero-order valence-electron chi connectivity index (χ0n) is 9.07. The lowest BCUT2D eigenvalue weighted by atomic mass is 9.80. The molecule has 0 aliphatic heterocycles. The fourth-order valence-electron chi connectivity index (χ4n) is 1.39. The molecule has 0 saturated heterocycles. The Labute approximate surface area is 90.1 Å². The zero-order valence-corrected chi connectivity index (χ0v) is 9.07. The molecule has 0 spiro atoms. The second kappa shape index (κ2) is 4.43. The minimum atomic E-state index is -0.424. The van der Waals surface area contributed by atoms with Gasteiger partial charge in [0, 0.05) is 18.1 Å². The standard InChI is InChI=1S/C12H16N2O/c1-12(2,8-15)11(14)10-6-4-3-5-9(10)7-13/h3-6,11,15H,8,14H2,1-2H3/t11-/m0/s1. The normalized spacial score (nSPS) is 13.3. The van der Waals surface area contributed by atoms with Crippen molar-refractivity contribution >= 4 is 0 Å². The fraction of sp³-hybridized carbons (Fsp3) is 0.417. The molecule has 1 aromatic carbocycles. The highest BCUT2D eigenvalue weighted by Crippen LogP contribution is 2.32. The third-order valence-electron chi connectivity index (χ3n) is 2.67. The summed E-state index contributed by atoms with van der Waals surface area (Å²) in [5.74, 6) is 0. The third-order valence-corrected chi connectivity index (χ3v) is 2.67. The van der Waals surface area contributed by atoms with E-state index in [-0.39, 0.29) is 12.6 Å². The highest BCUT2D eigenvalue weighted by atomic mass is 16.3. The molecule has 0 aromatic heterocycles. The largest absolute Gasteiger partial charge is 0.396 e. The van der Waals surface area contributed by atoms with Crippen LogP contribution in [0.2, 0.25) is 0 Å². The van der Waals surface area contributed by atoms with E-state index < -0.39 is 5.41 Å². The van der Waals surface area contributed by atoms with Gasteiger partial charge in [-0.3, -0.25) is 0 Å². The first-order valence-corrected chi connectivity index (χ1v) is 4.88. The first-order valence-electron chi connectivity index (χ1n) is 4.88. The van der Waals surface area contributed by atoms with Crippen molar-refractivity contribution in [1.82, 2.24) is 0 Å². The van der Waals surface area contributed by atoms with Crippen LogP contribution < -0.4 is 5.73 Å². The predicted octanol–water partition coefficient (Wildman–Crippen LogP) is 1.58. The third kappa shape index (κ3) is 2.35. The van der Waals surface area contributed by atoms with E-state index in [0.717, 1.165) is 5.56 Å². The van der Waals surface area contributed by atoms with Crippen molar-refractivity contribution in [3.8, 4) is 6.07 Å². The maximum atomic E-state index is 9.23. The van der Waals surface area contributed by atoms with Gasteiger partial charge in [0.15, 0.2) is 0 Å². The van der Waals surface area contributed by atoms with Crippen LogP contribution in [0.1, 0.15) is 31.0 Å². The molecule has 0 unspecified atom stereocenters. The first-order chi connectivity index (χ1) is 7.03. The lowest BCUT2D eigenvalue weighted by molar-refractivity contribution is 0.132. The molecule has 0 radical (unpaired) electrons. The smallest absolute Gasteiger partial charge is 0.0995 e. The molecule has 0 aliphatic carbocycles. The van der Waals surface area contributed by atoms with Crippen LogP contribution in [0.3, 0.4) is 0 Å². The number of aliphatic hydroxyl groups is 1. The zero-order chi connectivity index (χ0) is 11.5. The Morgan fingerprint density at radius 3 is 2.60 bits per heavy atom. The Morgan fingerprint density at radius 1 is 1.47 bits per heavy atom. The van der Waals surface area contributed by atoms with Crippen molar-refractivity contribution in [3.63, 3.8) is 0 Å². The molecule has 15 heavy (non-hydrogen) atoms. The summed E-state index contributed by atoms with van der Waals surface area (Å²) in [6.45, 7) is 3.76. The topological polar surface area (TPSA) is 70.0 Å². The predicted molar refractivity (Wildman–Crippen MR) is 59.0 cm³/mol. The Kier molecular flexibility index (Phi) is 3.46. The van der Waals surface area contributed by atoms with Crippen molar-refractivity contribution in [1.29, 1.82) is 5.26 Å². The molecule has 0 saturated carbocycles. The van der Waals surface area contributed by atoms with Gasteiger partial charge in [0.05, 0.1) is 11.6 Å². The highest BCUT2D eigenvalue weighted by molar-refractivity contribution is 5.39. The molecule has 0 fully saturated rings. The Balaban J connectivity index is 3.12. The Bertz CT molecular complexity index is 379. The molecular weight excluding hydrogens is 188 g/mol. The van der Waals surface area contributed by atoms with Crippen molar-refractivity contribution in [2.75, 3.05) is 6.61 Å². The summed E-state index contributed by atoms with van der Waals surface area (Å²) in [5, 5.41) is 18.2. The molecule has 80 valence electrons. The number of hydrogen-bond acceptors (Lipinski definition) is 3. The van der Waals surface area contributed by atoms with Gasteiger partial charge in [0.1, 0.15) is 0 Å². The Morgan fingerprint density at radius 2 is 2.07 bits per heavy atom. The van der Waals surface area contributed by atoms with E-state index in [2.05, 4.69) is 6.07 Å². The molecule has 0 amide bonds. The number of nitriles is 1. The fourth-order valence-corrected chi connectivity index (χ4v) is 1.39. The molecule has 3 N–H and O–H groups in total. The summed E-state index contributed by atoms with van der Waals surface area (Å²) in [6, 6.07) is 9.01. The monoisotopic (exact) mass is 204 g/mol. The van der Waals surface area contributed by atoms with Crippen LogP contribution in [-0.4, -0.2) is 11.7 Å².